The van der Waals surface area contributed by atoms with Crippen LogP contribution in [0.1, 0.15) is 36.5 Å². The van der Waals surface area contributed by atoms with Crippen LogP contribution in [0.25, 0.3) is 0 Å². The lowest BCUT2D eigenvalue weighted by molar-refractivity contribution is -0.158. The van der Waals surface area contributed by atoms with E-state index in [4.69, 9.17) is 18.9 Å². The van der Waals surface area contributed by atoms with Crippen molar-refractivity contribution < 1.29 is 28.1 Å². The van der Waals surface area contributed by atoms with E-state index in [1.165, 1.54) is 12.1 Å². The van der Waals surface area contributed by atoms with Crippen molar-refractivity contribution in [2.24, 2.45) is 0 Å². The summed E-state index contributed by atoms with van der Waals surface area (Å²) in [6.45, 7) is 0.386. The summed E-state index contributed by atoms with van der Waals surface area (Å²) in [7, 11) is 1.63. The lowest BCUT2D eigenvalue weighted by atomic mass is 10.0. The van der Waals surface area contributed by atoms with E-state index in [-0.39, 0.29) is 30.4 Å². The molecule has 0 aromatic heterocycles. The van der Waals surface area contributed by atoms with Gasteiger partial charge in [0.15, 0.2) is 0 Å². The summed E-state index contributed by atoms with van der Waals surface area (Å²) >= 11 is 0. The van der Waals surface area contributed by atoms with Crippen LogP contribution < -0.4 is 4.74 Å². The number of rotatable bonds is 5. The van der Waals surface area contributed by atoms with E-state index in [1.807, 2.05) is 48.6 Å². The highest BCUT2D eigenvalue weighted by molar-refractivity contribution is 5.70. The number of carbonyl (C=O) groups excluding carboxylic acids is 1. The summed E-state index contributed by atoms with van der Waals surface area (Å²) in [4.78, 5) is 12.8. The number of hydrogen-bond donors (Lipinski definition) is 0. The molecule has 4 rings (SSSR count). The highest BCUT2D eigenvalue weighted by atomic mass is 19.1. The summed E-state index contributed by atoms with van der Waals surface area (Å²) in [5, 5.41) is 0. The van der Waals surface area contributed by atoms with Gasteiger partial charge in [-0.05, 0) is 41.8 Å². The molecule has 2 aromatic rings. The molecule has 0 saturated heterocycles. The second-order valence-electron chi connectivity index (χ2n) is 7.90. The van der Waals surface area contributed by atoms with Gasteiger partial charge >= 0.3 is 5.97 Å². The second-order valence-corrected chi connectivity index (χ2v) is 7.90. The van der Waals surface area contributed by atoms with E-state index in [0.29, 0.717) is 19.4 Å². The van der Waals surface area contributed by atoms with Crippen LogP contribution in [0.15, 0.2) is 72.8 Å². The molecule has 32 heavy (non-hydrogen) atoms. The van der Waals surface area contributed by atoms with E-state index >= 15 is 0 Å². The Morgan fingerprint density at radius 2 is 1.75 bits per heavy atom. The molecule has 6 heteroatoms. The van der Waals surface area contributed by atoms with Crippen molar-refractivity contribution in [1.82, 2.24) is 0 Å². The molecule has 0 aliphatic carbocycles. The fourth-order valence-corrected chi connectivity index (χ4v) is 3.83. The second kappa shape index (κ2) is 10.6. The minimum atomic E-state index is -0.469. The van der Waals surface area contributed by atoms with Crippen LogP contribution in [-0.4, -0.2) is 31.4 Å². The highest BCUT2D eigenvalue weighted by Crippen LogP contribution is 2.28. The minimum absolute atomic E-state index is 0.0752. The minimum Gasteiger partial charge on any atom is -0.497 e. The fraction of sp³-hybridized carbons (Fsp3) is 0.346. The van der Waals surface area contributed by atoms with Gasteiger partial charge in [0.05, 0.1) is 32.3 Å². The molecule has 2 heterocycles. The van der Waals surface area contributed by atoms with Gasteiger partial charge in [0.2, 0.25) is 0 Å². The molecule has 5 nitrogen and oxygen atoms in total. The van der Waals surface area contributed by atoms with Crippen molar-refractivity contribution in [1.29, 1.82) is 0 Å². The van der Waals surface area contributed by atoms with Crippen molar-refractivity contribution in [3.8, 4) is 5.75 Å². The van der Waals surface area contributed by atoms with E-state index < -0.39 is 12.2 Å². The quantitative estimate of drug-likeness (QED) is 0.482. The molecule has 0 spiro atoms. The van der Waals surface area contributed by atoms with Gasteiger partial charge < -0.3 is 18.9 Å². The number of carbonyl (C=O) groups is 1. The zero-order chi connectivity index (χ0) is 22.3. The van der Waals surface area contributed by atoms with Gasteiger partial charge in [-0.3, -0.25) is 4.79 Å². The van der Waals surface area contributed by atoms with Crippen LogP contribution >= 0.6 is 0 Å². The first-order valence-electron chi connectivity index (χ1n) is 10.8. The largest absolute Gasteiger partial charge is 0.497 e. The monoisotopic (exact) mass is 438 g/mol. The summed E-state index contributed by atoms with van der Waals surface area (Å²) in [6.07, 6.45) is 7.86. The van der Waals surface area contributed by atoms with Crippen molar-refractivity contribution in [3.63, 3.8) is 0 Å². The number of fused-ring (bicyclic) bond motifs is 2. The third-order valence-electron chi connectivity index (χ3n) is 5.60. The molecular formula is C26H27FO5. The molecule has 0 fully saturated rings. The number of esters is 1. The lowest BCUT2D eigenvalue weighted by Gasteiger charge is -2.31. The standard InChI is InChI=1S/C26H27FO5/c1-29-21-12-6-18(7-13-21)17-30-24-15-14-22-4-2-3-5-23(19-8-10-20(27)11-9-19)32-26(28)16-25(24)31-22/h2-3,6-15,22-25H,4-5,16-17H2,1H3/b3-2-/t22-,23-,24+,25+/m1/s1. The number of halogens is 1. The van der Waals surface area contributed by atoms with Crippen LogP contribution in [0.5, 0.6) is 5.75 Å². The Morgan fingerprint density at radius 1 is 1.00 bits per heavy atom. The molecule has 168 valence electrons. The Morgan fingerprint density at radius 3 is 2.50 bits per heavy atom. The van der Waals surface area contributed by atoms with E-state index in [1.54, 1.807) is 19.2 Å². The third kappa shape index (κ3) is 5.84. The predicted molar refractivity (Wildman–Crippen MR) is 118 cm³/mol. The number of hydrogen-bond acceptors (Lipinski definition) is 5. The van der Waals surface area contributed by atoms with Crippen molar-refractivity contribution in [2.75, 3.05) is 7.11 Å². The molecule has 2 bridgehead atoms. The average Bonchev–Trinajstić information content (AvgIpc) is 2.83. The topological polar surface area (TPSA) is 54.0 Å². The molecule has 4 atom stereocenters. The molecule has 2 aliphatic rings. The SMILES string of the molecule is COc1ccc(CO[C@H]2C=C[C@H]3C/C=C\C[C@H](c4ccc(F)cc4)OC(=O)C[C@@H]2O3)cc1. The maximum Gasteiger partial charge on any atom is 0.309 e. The molecule has 0 radical (unpaired) electrons. The Balaban J connectivity index is 1.44. The first-order chi connectivity index (χ1) is 15.6. The maximum absolute atomic E-state index is 13.3. The fourth-order valence-electron chi connectivity index (χ4n) is 3.83. The Labute approximate surface area is 187 Å². The zero-order valence-electron chi connectivity index (χ0n) is 18.0. The van der Waals surface area contributed by atoms with E-state index in [9.17, 15) is 9.18 Å². The summed E-state index contributed by atoms with van der Waals surface area (Å²) in [5.74, 6) is 0.0940. The molecule has 0 N–H and O–H groups in total. The van der Waals surface area contributed by atoms with Gasteiger partial charge in [0.1, 0.15) is 23.8 Å². The van der Waals surface area contributed by atoms with Crippen molar-refractivity contribution >= 4 is 5.97 Å². The number of methoxy groups -OCH3 is 1. The third-order valence-corrected chi connectivity index (χ3v) is 5.60. The zero-order valence-corrected chi connectivity index (χ0v) is 18.0. The maximum atomic E-state index is 13.3. The van der Waals surface area contributed by atoms with Crippen LogP contribution in [0, 0.1) is 5.82 Å². The highest BCUT2D eigenvalue weighted by Gasteiger charge is 2.31. The summed E-state index contributed by atoms with van der Waals surface area (Å²) in [5.41, 5.74) is 1.76. The van der Waals surface area contributed by atoms with Crippen molar-refractivity contribution in [3.05, 3.63) is 89.8 Å². The predicted octanol–water partition coefficient (Wildman–Crippen LogP) is 5.07. The van der Waals surface area contributed by atoms with E-state index in [2.05, 4.69) is 0 Å². The van der Waals surface area contributed by atoms with Gasteiger partial charge in [0, 0.05) is 6.42 Å². The van der Waals surface area contributed by atoms with Gasteiger partial charge in [-0.2, -0.15) is 0 Å². The van der Waals surface area contributed by atoms with Gasteiger partial charge in [-0.1, -0.05) is 48.6 Å². The smallest absolute Gasteiger partial charge is 0.309 e. The van der Waals surface area contributed by atoms with Crippen LogP contribution in [-0.2, 0) is 25.6 Å². The lowest BCUT2D eigenvalue weighted by Crippen LogP contribution is -2.38. The Bertz CT molecular complexity index is 951. The van der Waals surface area contributed by atoms with Gasteiger partial charge in [-0.15, -0.1) is 0 Å². The van der Waals surface area contributed by atoms with E-state index in [0.717, 1.165) is 16.9 Å². The Kier molecular flexibility index (Phi) is 7.35. The van der Waals surface area contributed by atoms with Gasteiger partial charge in [0.25, 0.3) is 0 Å². The first kappa shape index (κ1) is 22.2. The normalized spacial score (nSPS) is 26.6. The summed E-state index contributed by atoms with van der Waals surface area (Å²) < 4.78 is 36.5. The van der Waals surface area contributed by atoms with Crippen LogP contribution in [0.4, 0.5) is 4.39 Å². The molecule has 0 saturated carbocycles. The number of cyclic esters (lactones) is 1. The number of benzene rings is 2. The Hall–Kier alpha value is -2.96. The summed E-state index contributed by atoms with van der Waals surface area (Å²) in [6, 6.07) is 13.7. The van der Waals surface area contributed by atoms with Crippen LogP contribution in [0.3, 0.4) is 0 Å². The molecule has 2 aliphatic heterocycles. The van der Waals surface area contributed by atoms with Crippen molar-refractivity contribution in [2.45, 2.75) is 50.3 Å². The van der Waals surface area contributed by atoms with Gasteiger partial charge in [-0.25, -0.2) is 4.39 Å². The van der Waals surface area contributed by atoms with Crippen LogP contribution in [0.2, 0.25) is 0 Å². The average molecular weight is 438 g/mol. The number of ether oxygens (including phenoxy) is 4. The molecule has 0 amide bonds. The molecular weight excluding hydrogens is 411 g/mol. The first-order valence-corrected chi connectivity index (χ1v) is 10.8. The molecule has 2 aromatic carbocycles. The molecule has 0 unspecified atom stereocenters.